The van der Waals surface area contributed by atoms with Crippen molar-refractivity contribution >= 4 is 17.6 Å². The number of rotatable bonds is 4. The molecule has 0 radical (unpaired) electrons. The van der Waals surface area contributed by atoms with Gasteiger partial charge < -0.3 is 0 Å². The predicted molar refractivity (Wildman–Crippen MR) is 103 cm³/mol. The van der Waals surface area contributed by atoms with E-state index in [1.165, 1.54) is 0 Å². The quantitative estimate of drug-likeness (QED) is 0.470. The van der Waals surface area contributed by atoms with Crippen molar-refractivity contribution < 1.29 is 9.59 Å². The van der Waals surface area contributed by atoms with Crippen LogP contribution in [0, 0.1) is 0 Å². The van der Waals surface area contributed by atoms with E-state index in [1.807, 2.05) is 97.1 Å². The van der Waals surface area contributed by atoms with Gasteiger partial charge in [-0.15, -0.1) is 0 Å². The third-order valence-corrected chi connectivity index (χ3v) is 3.47. The number of carbonyl (C=O) groups excluding carboxylic acids is 2. The lowest BCUT2D eigenvalue weighted by atomic mass is 10.1. The Kier molecular flexibility index (Phi) is 7.08. The van der Waals surface area contributed by atoms with Crippen LogP contribution < -0.4 is 0 Å². The van der Waals surface area contributed by atoms with E-state index < -0.39 is 0 Å². The van der Waals surface area contributed by atoms with Gasteiger partial charge in [-0.05, 0) is 18.6 Å². The van der Waals surface area contributed by atoms with Gasteiger partial charge in [-0.3, -0.25) is 9.59 Å². The highest BCUT2D eigenvalue weighted by atomic mass is 16.1. The molecule has 0 aliphatic rings. The summed E-state index contributed by atoms with van der Waals surface area (Å²) in [7, 11) is 0. The highest BCUT2D eigenvalue weighted by Crippen LogP contribution is 2.05. The van der Waals surface area contributed by atoms with Gasteiger partial charge in [-0.25, -0.2) is 0 Å². The van der Waals surface area contributed by atoms with Crippen LogP contribution in [0.2, 0.25) is 0 Å². The first-order chi connectivity index (χ1) is 12.2. The summed E-state index contributed by atoms with van der Waals surface area (Å²) in [6.07, 6.45) is 3.43. The molecule has 0 amide bonds. The van der Waals surface area contributed by atoms with E-state index in [1.54, 1.807) is 13.0 Å². The Morgan fingerprint density at radius 2 is 1.08 bits per heavy atom. The zero-order valence-corrected chi connectivity index (χ0v) is 14.1. The SMILES string of the molecule is CC(=O)c1ccccc1.O=C(C=Cc1ccccc1)c1ccccc1. The van der Waals surface area contributed by atoms with E-state index in [0.717, 1.165) is 16.7 Å². The molecule has 0 N–H and O–H groups in total. The minimum Gasteiger partial charge on any atom is -0.295 e. The molecule has 0 atom stereocenters. The summed E-state index contributed by atoms with van der Waals surface area (Å²) in [6, 6.07) is 28.3. The molecule has 0 fully saturated rings. The Labute approximate surface area is 148 Å². The van der Waals surface area contributed by atoms with Crippen molar-refractivity contribution in [3.63, 3.8) is 0 Å². The number of benzene rings is 3. The molecule has 2 heteroatoms. The van der Waals surface area contributed by atoms with Crippen molar-refractivity contribution in [3.8, 4) is 0 Å². The average molecular weight is 328 g/mol. The third-order valence-electron chi connectivity index (χ3n) is 3.47. The largest absolute Gasteiger partial charge is 0.295 e. The summed E-state index contributed by atoms with van der Waals surface area (Å²) >= 11 is 0. The van der Waals surface area contributed by atoms with E-state index in [0.29, 0.717) is 0 Å². The summed E-state index contributed by atoms with van der Waals surface area (Å²) < 4.78 is 0. The molecule has 0 aliphatic carbocycles. The summed E-state index contributed by atoms with van der Waals surface area (Å²) in [6.45, 7) is 1.56. The Balaban J connectivity index is 0.000000212. The average Bonchev–Trinajstić information content (AvgIpc) is 2.69. The second kappa shape index (κ2) is 9.78. The minimum atomic E-state index is 0.0319. The number of hydrogen-bond acceptors (Lipinski definition) is 2. The number of ketones is 2. The van der Waals surface area contributed by atoms with Gasteiger partial charge in [0.15, 0.2) is 11.6 Å². The fourth-order valence-corrected chi connectivity index (χ4v) is 2.11. The van der Waals surface area contributed by atoms with Gasteiger partial charge in [-0.2, -0.15) is 0 Å². The van der Waals surface area contributed by atoms with Crippen LogP contribution in [0.4, 0.5) is 0 Å². The number of Topliss-reactive ketones (excluding diaryl/α,β-unsaturated/α-hetero) is 1. The Bertz CT molecular complexity index is 820. The zero-order valence-electron chi connectivity index (χ0n) is 14.1. The second-order valence-electron chi connectivity index (χ2n) is 5.40. The molecule has 0 aliphatic heterocycles. The molecular weight excluding hydrogens is 308 g/mol. The predicted octanol–water partition coefficient (Wildman–Crippen LogP) is 5.47. The maximum absolute atomic E-state index is 11.7. The lowest BCUT2D eigenvalue weighted by Gasteiger charge is -1.94. The molecule has 0 heterocycles. The van der Waals surface area contributed by atoms with Crippen LogP contribution in [0.5, 0.6) is 0 Å². The topological polar surface area (TPSA) is 34.1 Å². The minimum absolute atomic E-state index is 0.0319. The molecule has 3 rings (SSSR count). The summed E-state index contributed by atoms with van der Waals surface area (Å²) in [5.74, 6) is 0.153. The maximum Gasteiger partial charge on any atom is 0.185 e. The highest BCUT2D eigenvalue weighted by Gasteiger charge is 1.98. The molecule has 0 saturated heterocycles. The Morgan fingerprint density at radius 3 is 1.52 bits per heavy atom. The highest BCUT2D eigenvalue weighted by molar-refractivity contribution is 6.06. The van der Waals surface area contributed by atoms with E-state index in [4.69, 9.17) is 0 Å². The molecule has 2 nitrogen and oxygen atoms in total. The first-order valence-corrected chi connectivity index (χ1v) is 8.05. The molecule has 3 aromatic rings. The summed E-state index contributed by atoms with van der Waals surface area (Å²) in [4.78, 5) is 22.4. The van der Waals surface area contributed by atoms with Crippen LogP contribution in [-0.4, -0.2) is 11.6 Å². The second-order valence-corrected chi connectivity index (χ2v) is 5.40. The smallest absolute Gasteiger partial charge is 0.185 e. The molecule has 0 saturated carbocycles. The van der Waals surface area contributed by atoms with Gasteiger partial charge >= 0.3 is 0 Å². The lowest BCUT2D eigenvalue weighted by molar-refractivity contribution is 0.101. The van der Waals surface area contributed by atoms with Crippen LogP contribution in [-0.2, 0) is 0 Å². The van der Waals surface area contributed by atoms with Gasteiger partial charge in [0.1, 0.15) is 0 Å². The fourth-order valence-electron chi connectivity index (χ4n) is 2.11. The zero-order chi connectivity index (χ0) is 17.9. The maximum atomic E-state index is 11.7. The normalized spacial score (nSPS) is 9.96. The van der Waals surface area contributed by atoms with Crippen molar-refractivity contribution in [2.24, 2.45) is 0 Å². The van der Waals surface area contributed by atoms with Crippen molar-refractivity contribution in [1.29, 1.82) is 0 Å². The third kappa shape index (κ3) is 6.40. The fraction of sp³-hybridized carbons (Fsp3) is 0.0435. The Morgan fingerprint density at radius 1 is 0.640 bits per heavy atom. The van der Waals surface area contributed by atoms with Gasteiger partial charge in [0.05, 0.1) is 0 Å². The van der Waals surface area contributed by atoms with Crippen molar-refractivity contribution in [2.45, 2.75) is 6.92 Å². The molecule has 124 valence electrons. The van der Waals surface area contributed by atoms with Gasteiger partial charge in [0.25, 0.3) is 0 Å². The lowest BCUT2D eigenvalue weighted by Crippen LogP contribution is -1.92. The number of hydrogen-bond donors (Lipinski definition) is 0. The van der Waals surface area contributed by atoms with E-state index in [2.05, 4.69) is 0 Å². The summed E-state index contributed by atoms with van der Waals surface area (Å²) in [5.41, 5.74) is 2.53. The van der Waals surface area contributed by atoms with Crippen molar-refractivity contribution in [3.05, 3.63) is 114 Å². The monoisotopic (exact) mass is 328 g/mol. The number of allylic oxidation sites excluding steroid dienone is 1. The van der Waals surface area contributed by atoms with Crippen molar-refractivity contribution in [2.75, 3.05) is 0 Å². The number of carbonyl (C=O) groups is 2. The Hall–Kier alpha value is -3.26. The summed E-state index contributed by atoms with van der Waals surface area (Å²) in [5, 5.41) is 0. The molecule has 3 aromatic carbocycles. The molecule has 0 aromatic heterocycles. The van der Waals surface area contributed by atoms with Crippen LogP contribution in [0.1, 0.15) is 33.2 Å². The standard InChI is InChI=1S/C15H12O.C8H8O/c16-15(14-9-5-2-6-10-14)12-11-13-7-3-1-4-8-13;1-7(9)8-5-3-2-4-6-8/h1-12H;2-6H,1H3. The first kappa shape index (κ1) is 18.1. The van der Waals surface area contributed by atoms with Crippen LogP contribution in [0.15, 0.2) is 97.1 Å². The molecule has 0 bridgehead atoms. The van der Waals surface area contributed by atoms with Gasteiger partial charge in [0.2, 0.25) is 0 Å². The van der Waals surface area contributed by atoms with Gasteiger partial charge in [0, 0.05) is 11.1 Å². The van der Waals surface area contributed by atoms with Crippen LogP contribution >= 0.6 is 0 Å². The van der Waals surface area contributed by atoms with Crippen LogP contribution in [0.25, 0.3) is 6.08 Å². The molecule has 25 heavy (non-hydrogen) atoms. The van der Waals surface area contributed by atoms with E-state index in [9.17, 15) is 9.59 Å². The first-order valence-electron chi connectivity index (χ1n) is 8.05. The molecule has 0 spiro atoms. The van der Waals surface area contributed by atoms with Gasteiger partial charge in [-0.1, -0.05) is 97.1 Å². The molecular formula is C23H20O2. The van der Waals surface area contributed by atoms with Crippen molar-refractivity contribution in [1.82, 2.24) is 0 Å². The van der Waals surface area contributed by atoms with Crippen LogP contribution in [0.3, 0.4) is 0 Å². The molecule has 0 unspecified atom stereocenters. The van der Waals surface area contributed by atoms with E-state index >= 15 is 0 Å². The van der Waals surface area contributed by atoms with E-state index in [-0.39, 0.29) is 11.6 Å².